The fourth-order valence-electron chi connectivity index (χ4n) is 1.60. The summed E-state index contributed by atoms with van der Waals surface area (Å²) in [5, 5.41) is 3.08. The summed E-state index contributed by atoms with van der Waals surface area (Å²) < 4.78 is 3.86. The first kappa shape index (κ1) is 17.3. The van der Waals surface area contributed by atoms with Crippen LogP contribution in [0.3, 0.4) is 0 Å². The summed E-state index contributed by atoms with van der Waals surface area (Å²) in [7, 11) is 3.15. The third-order valence-corrected chi connectivity index (χ3v) is 2.64. The van der Waals surface area contributed by atoms with Crippen LogP contribution in [0.4, 0.5) is 0 Å². The highest BCUT2D eigenvalue weighted by molar-refractivity contribution is 5.85. The lowest BCUT2D eigenvalue weighted by molar-refractivity contribution is -0.126. The van der Waals surface area contributed by atoms with E-state index in [0.717, 1.165) is 6.42 Å². The number of rotatable bonds is 6. The quantitative estimate of drug-likeness (QED) is 0.797. The highest BCUT2D eigenvalue weighted by Gasteiger charge is 2.19. The molecule has 106 valence electrons. The van der Waals surface area contributed by atoms with E-state index in [1.165, 1.54) is 12.7 Å². The van der Waals surface area contributed by atoms with E-state index in [1.54, 1.807) is 0 Å². The van der Waals surface area contributed by atoms with Crippen LogP contribution in [0.15, 0.2) is 30.3 Å². The first-order valence-electron chi connectivity index (χ1n) is 6.28. The predicted octanol–water partition coefficient (Wildman–Crippen LogP) is 1.83. The number of benzene rings is 1. The van der Waals surface area contributed by atoms with Crippen molar-refractivity contribution in [2.45, 2.75) is 26.3 Å². The molecular formula is C15H23NO3. The predicted molar refractivity (Wildman–Crippen MR) is 75.9 cm³/mol. The van der Waals surface area contributed by atoms with E-state index >= 15 is 0 Å². The standard InChI is InChI=1S/C13H19NO.C2H4O2/c1-10(2)13(15)12(14-3)9-11-7-5-4-6-8-11;1-4-2-3/h4-8,10,12,14H,9H2,1-3H3;2H,1H3. The van der Waals surface area contributed by atoms with Crippen LogP contribution in [0.2, 0.25) is 0 Å². The highest BCUT2D eigenvalue weighted by Crippen LogP contribution is 2.07. The van der Waals surface area contributed by atoms with Crippen molar-refractivity contribution >= 4 is 12.3 Å². The lowest BCUT2D eigenvalue weighted by Gasteiger charge is -2.17. The van der Waals surface area contributed by atoms with E-state index < -0.39 is 0 Å². The van der Waals surface area contributed by atoms with Crippen molar-refractivity contribution in [2.24, 2.45) is 5.92 Å². The maximum atomic E-state index is 11.8. The number of hydrogen-bond donors (Lipinski definition) is 1. The molecule has 0 aliphatic rings. The first-order chi connectivity index (χ1) is 9.06. The third kappa shape index (κ3) is 7.36. The SMILES string of the molecule is CNC(Cc1ccccc1)C(=O)C(C)C.COC=O. The first-order valence-corrected chi connectivity index (χ1v) is 6.28. The average Bonchev–Trinajstić information content (AvgIpc) is 2.45. The van der Waals surface area contributed by atoms with Gasteiger partial charge in [0.2, 0.25) is 0 Å². The molecule has 0 spiro atoms. The number of methoxy groups -OCH3 is 1. The Morgan fingerprint density at radius 1 is 1.32 bits per heavy atom. The van der Waals surface area contributed by atoms with E-state index in [-0.39, 0.29) is 17.7 Å². The van der Waals surface area contributed by atoms with Crippen LogP contribution in [-0.4, -0.2) is 32.5 Å². The number of ketones is 1. The zero-order valence-electron chi connectivity index (χ0n) is 12.1. The van der Waals surface area contributed by atoms with E-state index in [9.17, 15) is 4.79 Å². The average molecular weight is 265 g/mol. The number of hydrogen-bond acceptors (Lipinski definition) is 4. The van der Waals surface area contributed by atoms with Gasteiger partial charge in [-0.3, -0.25) is 9.59 Å². The Morgan fingerprint density at radius 2 is 1.84 bits per heavy atom. The largest absolute Gasteiger partial charge is 0.471 e. The Morgan fingerprint density at radius 3 is 2.21 bits per heavy atom. The molecule has 0 aliphatic heterocycles. The van der Waals surface area contributed by atoms with Crippen LogP contribution >= 0.6 is 0 Å². The van der Waals surface area contributed by atoms with Crippen molar-refractivity contribution in [3.8, 4) is 0 Å². The van der Waals surface area contributed by atoms with Gasteiger partial charge in [-0.25, -0.2) is 0 Å². The number of ether oxygens (including phenoxy) is 1. The van der Waals surface area contributed by atoms with Gasteiger partial charge in [0.15, 0.2) is 5.78 Å². The number of Topliss-reactive ketones (excluding diaryl/α,β-unsaturated/α-hetero) is 1. The smallest absolute Gasteiger partial charge is 0.292 e. The highest BCUT2D eigenvalue weighted by atomic mass is 16.5. The molecule has 0 radical (unpaired) electrons. The summed E-state index contributed by atoms with van der Waals surface area (Å²) in [6, 6.07) is 10.0. The molecule has 1 aromatic rings. The molecule has 0 saturated carbocycles. The molecule has 0 heterocycles. The lowest BCUT2D eigenvalue weighted by atomic mass is 9.96. The van der Waals surface area contributed by atoms with Gasteiger partial charge in [0, 0.05) is 5.92 Å². The van der Waals surface area contributed by atoms with Crippen molar-refractivity contribution in [3.05, 3.63) is 35.9 Å². The molecular weight excluding hydrogens is 242 g/mol. The van der Waals surface area contributed by atoms with Crippen molar-refractivity contribution in [2.75, 3.05) is 14.2 Å². The lowest BCUT2D eigenvalue weighted by Crippen LogP contribution is -2.38. The van der Waals surface area contributed by atoms with E-state index in [4.69, 9.17) is 4.79 Å². The molecule has 0 fully saturated rings. The van der Waals surface area contributed by atoms with Gasteiger partial charge in [-0.1, -0.05) is 44.2 Å². The molecule has 1 rings (SSSR count). The molecule has 1 atom stereocenters. The van der Waals surface area contributed by atoms with E-state index in [1.807, 2.05) is 39.1 Å². The van der Waals surface area contributed by atoms with Crippen molar-refractivity contribution in [1.82, 2.24) is 5.32 Å². The van der Waals surface area contributed by atoms with Gasteiger partial charge in [-0.2, -0.15) is 0 Å². The van der Waals surface area contributed by atoms with Gasteiger partial charge in [-0.15, -0.1) is 0 Å². The Labute approximate surface area is 115 Å². The summed E-state index contributed by atoms with van der Waals surface area (Å²) in [6.07, 6.45) is 0.772. The summed E-state index contributed by atoms with van der Waals surface area (Å²) in [4.78, 5) is 20.8. The maximum Gasteiger partial charge on any atom is 0.292 e. The maximum absolute atomic E-state index is 11.8. The Kier molecular flexibility index (Phi) is 9.35. The minimum atomic E-state index is -0.0626. The summed E-state index contributed by atoms with van der Waals surface area (Å²) in [6.45, 7) is 4.26. The van der Waals surface area contributed by atoms with Crippen LogP contribution in [-0.2, 0) is 20.7 Å². The van der Waals surface area contributed by atoms with Crippen molar-refractivity contribution < 1.29 is 14.3 Å². The van der Waals surface area contributed by atoms with E-state index in [0.29, 0.717) is 6.47 Å². The fourth-order valence-corrected chi connectivity index (χ4v) is 1.60. The molecule has 4 heteroatoms. The topological polar surface area (TPSA) is 55.4 Å². The molecule has 19 heavy (non-hydrogen) atoms. The van der Waals surface area contributed by atoms with Gasteiger partial charge >= 0.3 is 0 Å². The number of carbonyl (C=O) groups is 2. The Balaban J connectivity index is 0.000000711. The van der Waals surface area contributed by atoms with Crippen LogP contribution < -0.4 is 5.32 Å². The molecule has 0 saturated heterocycles. The molecule has 4 nitrogen and oxygen atoms in total. The molecule has 0 bridgehead atoms. The minimum Gasteiger partial charge on any atom is -0.471 e. The van der Waals surface area contributed by atoms with Crippen LogP contribution in [0.1, 0.15) is 19.4 Å². The second kappa shape index (κ2) is 10.3. The Bertz CT molecular complexity index is 363. The second-order valence-electron chi connectivity index (χ2n) is 4.42. The molecule has 1 N–H and O–H groups in total. The van der Waals surface area contributed by atoms with Crippen molar-refractivity contribution in [1.29, 1.82) is 0 Å². The molecule has 1 aromatic carbocycles. The number of carbonyl (C=O) groups excluding carboxylic acids is 2. The number of likely N-dealkylation sites (N-methyl/N-ethyl adjacent to an activating group) is 1. The monoisotopic (exact) mass is 265 g/mol. The molecule has 0 aliphatic carbocycles. The van der Waals surface area contributed by atoms with Gasteiger partial charge in [-0.05, 0) is 19.0 Å². The molecule has 0 amide bonds. The van der Waals surface area contributed by atoms with Crippen LogP contribution in [0.25, 0.3) is 0 Å². The molecule has 1 unspecified atom stereocenters. The Hall–Kier alpha value is -1.68. The van der Waals surface area contributed by atoms with Crippen molar-refractivity contribution in [3.63, 3.8) is 0 Å². The summed E-state index contributed by atoms with van der Waals surface area (Å²) >= 11 is 0. The summed E-state index contributed by atoms with van der Waals surface area (Å²) in [5.74, 6) is 0.368. The fraction of sp³-hybridized carbons (Fsp3) is 0.467. The van der Waals surface area contributed by atoms with Crippen LogP contribution in [0.5, 0.6) is 0 Å². The van der Waals surface area contributed by atoms with Crippen LogP contribution in [0, 0.1) is 5.92 Å². The zero-order chi connectivity index (χ0) is 14.7. The molecule has 0 aromatic heterocycles. The van der Waals surface area contributed by atoms with Gasteiger partial charge in [0.05, 0.1) is 13.2 Å². The second-order valence-corrected chi connectivity index (χ2v) is 4.42. The minimum absolute atomic E-state index is 0.0626. The van der Waals surface area contributed by atoms with Gasteiger partial charge in [0.25, 0.3) is 6.47 Å². The normalized spacial score (nSPS) is 11.2. The number of nitrogens with one attached hydrogen (secondary N) is 1. The summed E-state index contributed by atoms with van der Waals surface area (Å²) in [5.41, 5.74) is 1.20. The van der Waals surface area contributed by atoms with Gasteiger partial charge < -0.3 is 10.1 Å². The zero-order valence-corrected chi connectivity index (χ0v) is 12.1. The van der Waals surface area contributed by atoms with Gasteiger partial charge in [0.1, 0.15) is 0 Å². The van der Waals surface area contributed by atoms with E-state index in [2.05, 4.69) is 22.2 Å². The third-order valence-electron chi connectivity index (χ3n) is 2.64.